The Balaban J connectivity index is 4.25. The van der Waals surface area contributed by atoms with Crippen molar-refractivity contribution >= 4 is 11.9 Å². The molecule has 0 aliphatic heterocycles. The van der Waals surface area contributed by atoms with Crippen molar-refractivity contribution in [3.63, 3.8) is 0 Å². The van der Waals surface area contributed by atoms with Crippen LogP contribution >= 0.6 is 0 Å². The average molecular weight is 171 g/mol. The van der Waals surface area contributed by atoms with E-state index < -0.39 is 17.3 Å². The fourth-order valence-electron chi connectivity index (χ4n) is 0.483. The van der Waals surface area contributed by atoms with E-state index in [1.165, 1.54) is 19.9 Å². The minimum absolute atomic E-state index is 0.287. The Morgan fingerprint density at radius 2 is 2.08 bits per heavy atom. The first-order valence-electron chi connectivity index (χ1n) is 3.55. The molecule has 0 unspecified atom stereocenters. The fraction of sp³-hybridized carbons (Fsp3) is 0.500. The number of amides is 1. The van der Waals surface area contributed by atoms with E-state index in [1.807, 2.05) is 0 Å². The van der Waals surface area contributed by atoms with Crippen molar-refractivity contribution in [2.24, 2.45) is 5.41 Å². The predicted octanol–water partition coefficient (Wildman–Crippen LogP) is 0.399. The zero-order valence-corrected chi connectivity index (χ0v) is 7.26. The van der Waals surface area contributed by atoms with Gasteiger partial charge in [-0.05, 0) is 13.8 Å². The van der Waals surface area contributed by atoms with Crippen LogP contribution in [0.15, 0.2) is 12.7 Å². The van der Waals surface area contributed by atoms with E-state index in [0.29, 0.717) is 0 Å². The van der Waals surface area contributed by atoms with Gasteiger partial charge in [0, 0.05) is 6.54 Å². The molecule has 0 spiro atoms. The third-order valence-electron chi connectivity index (χ3n) is 1.51. The van der Waals surface area contributed by atoms with Gasteiger partial charge in [0.25, 0.3) is 0 Å². The summed E-state index contributed by atoms with van der Waals surface area (Å²) in [6.07, 6.45) is 1.50. The Bertz CT molecular complexity index is 208. The van der Waals surface area contributed by atoms with Crippen molar-refractivity contribution in [2.75, 3.05) is 6.54 Å². The normalized spacial score (nSPS) is 10.5. The Labute approximate surface area is 71.3 Å². The van der Waals surface area contributed by atoms with E-state index in [1.54, 1.807) is 0 Å². The molecule has 0 heterocycles. The topological polar surface area (TPSA) is 66.4 Å². The van der Waals surface area contributed by atoms with Crippen molar-refractivity contribution in [1.29, 1.82) is 0 Å². The van der Waals surface area contributed by atoms with Gasteiger partial charge in [0.1, 0.15) is 5.41 Å². The number of aliphatic carboxylic acids is 1. The zero-order valence-electron chi connectivity index (χ0n) is 7.26. The van der Waals surface area contributed by atoms with Gasteiger partial charge in [-0.1, -0.05) is 6.08 Å². The first-order valence-corrected chi connectivity index (χ1v) is 3.55. The molecular formula is C8H13NO3. The van der Waals surface area contributed by atoms with Gasteiger partial charge in [-0.15, -0.1) is 6.58 Å². The molecule has 2 N–H and O–H groups in total. The Kier molecular flexibility index (Phi) is 3.47. The molecule has 4 nitrogen and oxygen atoms in total. The lowest BCUT2D eigenvalue weighted by molar-refractivity contribution is -0.153. The third kappa shape index (κ3) is 2.38. The number of carbonyl (C=O) groups is 2. The number of carboxylic acid groups (broad SMARTS) is 1. The summed E-state index contributed by atoms with van der Waals surface area (Å²) in [5, 5.41) is 11.0. The van der Waals surface area contributed by atoms with Gasteiger partial charge in [0.05, 0.1) is 0 Å². The van der Waals surface area contributed by atoms with Gasteiger partial charge in [0.15, 0.2) is 0 Å². The molecular weight excluding hydrogens is 158 g/mol. The largest absolute Gasteiger partial charge is 0.480 e. The minimum atomic E-state index is -1.37. The first-order chi connectivity index (χ1) is 5.42. The second kappa shape index (κ2) is 3.90. The van der Waals surface area contributed by atoms with Gasteiger partial charge in [-0.2, -0.15) is 0 Å². The molecule has 0 saturated heterocycles. The van der Waals surface area contributed by atoms with E-state index in [0.717, 1.165) is 0 Å². The highest BCUT2D eigenvalue weighted by Crippen LogP contribution is 2.14. The Morgan fingerprint density at radius 1 is 1.58 bits per heavy atom. The number of carboxylic acids is 1. The van der Waals surface area contributed by atoms with Crippen LogP contribution in [0.5, 0.6) is 0 Å². The van der Waals surface area contributed by atoms with Crippen molar-refractivity contribution in [3.05, 3.63) is 12.7 Å². The van der Waals surface area contributed by atoms with Crippen LogP contribution in [0.4, 0.5) is 0 Å². The molecule has 0 radical (unpaired) electrons. The van der Waals surface area contributed by atoms with Crippen LogP contribution in [0.3, 0.4) is 0 Å². The zero-order chi connectivity index (χ0) is 9.78. The molecule has 0 bridgehead atoms. The van der Waals surface area contributed by atoms with E-state index in [2.05, 4.69) is 11.9 Å². The summed E-state index contributed by atoms with van der Waals surface area (Å²) in [7, 11) is 0. The summed E-state index contributed by atoms with van der Waals surface area (Å²) in [5.74, 6) is -1.64. The quantitative estimate of drug-likeness (QED) is 0.475. The molecule has 0 rings (SSSR count). The lowest BCUT2D eigenvalue weighted by atomic mass is 9.93. The van der Waals surface area contributed by atoms with Crippen molar-refractivity contribution in [1.82, 2.24) is 5.32 Å². The maximum atomic E-state index is 11.1. The van der Waals surface area contributed by atoms with Crippen LogP contribution in [0, 0.1) is 5.41 Å². The molecule has 0 aliphatic rings. The van der Waals surface area contributed by atoms with Crippen LogP contribution in [-0.2, 0) is 9.59 Å². The molecule has 0 atom stereocenters. The Hall–Kier alpha value is -1.32. The number of hydrogen-bond donors (Lipinski definition) is 2. The molecule has 1 amide bonds. The van der Waals surface area contributed by atoms with Gasteiger partial charge < -0.3 is 10.4 Å². The van der Waals surface area contributed by atoms with Crippen LogP contribution in [0.25, 0.3) is 0 Å². The van der Waals surface area contributed by atoms with Crippen molar-refractivity contribution in [2.45, 2.75) is 13.8 Å². The van der Waals surface area contributed by atoms with E-state index in [9.17, 15) is 9.59 Å². The fourth-order valence-corrected chi connectivity index (χ4v) is 0.483. The predicted molar refractivity (Wildman–Crippen MR) is 44.6 cm³/mol. The first kappa shape index (κ1) is 10.7. The maximum Gasteiger partial charge on any atom is 0.318 e. The molecule has 0 aliphatic carbocycles. The SMILES string of the molecule is C=CCNC(=O)C(C)(C)C(=O)O. The van der Waals surface area contributed by atoms with E-state index >= 15 is 0 Å². The lowest BCUT2D eigenvalue weighted by Crippen LogP contribution is -2.42. The second-order valence-electron chi connectivity index (χ2n) is 2.93. The number of hydrogen-bond acceptors (Lipinski definition) is 2. The van der Waals surface area contributed by atoms with Crippen LogP contribution in [0.2, 0.25) is 0 Å². The van der Waals surface area contributed by atoms with Crippen LogP contribution in [0.1, 0.15) is 13.8 Å². The van der Waals surface area contributed by atoms with Crippen molar-refractivity contribution < 1.29 is 14.7 Å². The molecule has 0 aromatic heterocycles. The monoisotopic (exact) mass is 171 g/mol. The van der Waals surface area contributed by atoms with Gasteiger partial charge in [-0.3, -0.25) is 9.59 Å². The summed E-state index contributed by atoms with van der Waals surface area (Å²) in [4.78, 5) is 21.7. The van der Waals surface area contributed by atoms with Crippen LogP contribution in [-0.4, -0.2) is 23.5 Å². The smallest absolute Gasteiger partial charge is 0.318 e. The number of carbonyl (C=O) groups excluding carboxylic acids is 1. The van der Waals surface area contributed by atoms with Crippen molar-refractivity contribution in [3.8, 4) is 0 Å². The molecule has 0 aromatic carbocycles. The highest BCUT2D eigenvalue weighted by Gasteiger charge is 2.35. The standard InChI is InChI=1S/C8H13NO3/c1-4-5-9-6(10)8(2,3)7(11)12/h4H,1,5H2,2-3H3,(H,9,10)(H,11,12). The second-order valence-corrected chi connectivity index (χ2v) is 2.93. The summed E-state index contributed by atoms with van der Waals surface area (Å²) in [6, 6.07) is 0. The molecule has 12 heavy (non-hydrogen) atoms. The van der Waals surface area contributed by atoms with Gasteiger partial charge >= 0.3 is 5.97 Å². The third-order valence-corrected chi connectivity index (χ3v) is 1.51. The summed E-state index contributed by atoms with van der Waals surface area (Å²) in [6.45, 7) is 6.39. The van der Waals surface area contributed by atoms with E-state index in [-0.39, 0.29) is 6.54 Å². The molecule has 68 valence electrons. The molecule has 0 saturated carbocycles. The van der Waals surface area contributed by atoms with Crippen LogP contribution < -0.4 is 5.32 Å². The molecule has 0 fully saturated rings. The summed E-state index contributed by atoms with van der Waals surface area (Å²) in [5.41, 5.74) is -1.37. The summed E-state index contributed by atoms with van der Waals surface area (Å²) < 4.78 is 0. The minimum Gasteiger partial charge on any atom is -0.480 e. The number of rotatable bonds is 4. The average Bonchev–Trinajstić information content (AvgIpc) is 1.99. The van der Waals surface area contributed by atoms with Gasteiger partial charge in [-0.25, -0.2) is 0 Å². The molecule has 0 aromatic rings. The van der Waals surface area contributed by atoms with E-state index in [4.69, 9.17) is 5.11 Å². The highest BCUT2D eigenvalue weighted by molar-refractivity contribution is 6.00. The Morgan fingerprint density at radius 3 is 2.42 bits per heavy atom. The lowest BCUT2D eigenvalue weighted by Gasteiger charge is -2.17. The van der Waals surface area contributed by atoms with Gasteiger partial charge in [0.2, 0.25) is 5.91 Å². The molecule has 4 heteroatoms. The summed E-state index contributed by atoms with van der Waals surface area (Å²) >= 11 is 0. The maximum absolute atomic E-state index is 11.1. The highest BCUT2D eigenvalue weighted by atomic mass is 16.4. The number of nitrogens with one attached hydrogen (secondary N) is 1.